The van der Waals surface area contributed by atoms with Crippen molar-refractivity contribution in [2.75, 3.05) is 31.7 Å². The smallest absolute Gasteiger partial charge is 0.305 e. The standard InChI is InChI=1S/C17H25N3O7/c1-2-3-4-5-6-17(21)27-12-11-26-10-9-18-15-8-7-14(19(22)23)13-16(15)20(24)25/h7-8,13,18H,2-6,9-12H2,1H3. The summed E-state index contributed by atoms with van der Waals surface area (Å²) in [6, 6.07) is 3.38. The molecule has 0 atom stereocenters. The van der Waals surface area contributed by atoms with Crippen LogP contribution in [-0.2, 0) is 14.3 Å². The number of anilines is 1. The summed E-state index contributed by atoms with van der Waals surface area (Å²) < 4.78 is 10.3. The minimum atomic E-state index is -0.689. The summed E-state index contributed by atoms with van der Waals surface area (Å²) in [6.45, 7) is 2.99. The van der Waals surface area contributed by atoms with Crippen molar-refractivity contribution < 1.29 is 24.1 Å². The minimum absolute atomic E-state index is 0.157. The Labute approximate surface area is 157 Å². The molecule has 27 heavy (non-hydrogen) atoms. The molecule has 0 aliphatic rings. The molecular formula is C17H25N3O7. The normalized spacial score (nSPS) is 10.4. The van der Waals surface area contributed by atoms with Crippen molar-refractivity contribution in [1.82, 2.24) is 0 Å². The van der Waals surface area contributed by atoms with Gasteiger partial charge in [-0.05, 0) is 12.5 Å². The van der Waals surface area contributed by atoms with E-state index < -0.39 is 9.85 Å². The number of non-ortho nitro benzene ring substituents is 1. The average molecular weight is 383 g/mol. The van der Waals surface area contributed by atoms with Crippen LogP contribution in [-0.4, -0.2) is 42.2 Å². The highest BCUT2D eigenvalue weighted by Crippen LogP contribution is 2.28. The van der Waals surface area contributed by atoms with Crippen LogP contribution in [0.4, 0.5) is 17.1 Å². The van der Waals surface area contributed by atoms with Gasteiger partial charge in [-0.25, -0.2) is 0 Å². The molecule has 0 spiro atoms. The van der Waals surface area contributed by atoms with Crippen molar-refractivity contribution in [1.29, 1.82) is 0 Å². The van der Waals surface area contributed by atoms with E-state index in [1.165, 1.54) is 12.1 Å². The number of carbonyl (C=O) groups excluding carboxylic acids is 1. The van der Waals surface area contributed by atoms with Crippen molar-refractivity contribution in [3.8, 4) is 0 Å². The zero-order valence-corrected chi connectivity index (χ0v) is 15.3. The van der Waals surface area contributed by atoms with Crippen molar-refractivity contribution in [3.63, 3.8) is 0 Å². The zero-order valence-electron chi connectivity index (χ0n) is 15.3. The summed E-state index contributed by atoms with van der Waals surface area (Å²) in [5, 5.41) is 24.5. The van der Waals surface area contributed by atoms with E-state index in [9.17, 15) is 25.0 Å². The van der Waals surface area contributed by atoms with Gasteiger partial charge in [-0.15, -0.1) is 0 Å². The summed E-state index contributed by atoms with van der Waals surface area (Å²) in [5.41, 5.74) is -0.547. The van der Waals surface area contributed by atoms with Crippen LogP contribution in [0.5, 0.6) is 0 Å². The molecule has 1 aromatic rings. The van der Waals surface area contributed by atoms with Gasteiger partial charge >= 0.3 is 5.97 Å². The summed E-state index contributed by atoms with van der Waals surface area (Å²) in [5.74, 6) is -0.241. The maximum absolute atomic E-state index is 11.5. The molecule has 10 heteroatoms. The SMILES string of the molecule is CCCCCCC(=O)OCCOCCNc1ccc([N+](=O)[O-])cc1[N+](=O)[O-]. The molecule has 1 aromatic carbocycles. The van der Waals surface area contributed by atoms with Crippen LogP contribution >= 0.6 is 0 Å². The number of carbonyl (C=O) groups is 1. The molecule has 1 N–H and O–H groups in total. The lowest BCUT2D eigenvalue weighted by molar-refractivity contribution is -0.393. The predicted molar refractivity (Wildman–Crippen MR) is 98.8 cm³/mol. The Morgan fingerprint density at radius 2 is 1.85 bits per heavy atom. The maximum atomic E-state index is 11.5. The Balaban J connectivity index is 2.22. The van der Waals surface area contributed by atoms with Gasteiger partial charge in [0.25, 0.3) is 11.4 Å². The number of benzene rings is 1. The number of unbranched alkanes of at least 4 members (excludes halogenated alkanes) is 3. The van der Waals surface area contributed by atoms with Crippen LogP contribution in [0.3, 0.4) is 0 Å². The lowest BCUT2D eigenvalue weighted by Crippen LogP contribution is -2.15. The Morgan fingerprint density at radius 1 is 1.07 bits per heavy atom. The first kappa shape index (κ1) is 22.3. The number of nitro groups is 2. The third kappa shape index (κ3) is 8.95. The third-order valence-corrected chi connectivity index (χ3v) is 3.68. The lowest BCUT2D eigenvalue weighted by atomic mass is 10.2. The highest BCUT2D eigenvalue weighted by molar-refractivity contribution is 5.69. The summed E-state index contributed by atoms with van der Waals surface area (Å²) in [7, 11) is 0. The first-order valence-electron chi connectivity index (χ1n) is 8.85. The molecule has 0 unspecified atom stereocenters. The van der Waals surface area contributed by atoms with E-state index in [0.717, 1.165) is 31.7 Å². The van der Waals surface area contributed by atoms with Crippen molar-refractivity contribution in [3.05, 3.63) is 38.4 Å². The van der Waals surface area contributed by atoms with Crippen molar-refractivity contribution in [2.45, 2.75) is 39.0 Å². The quantitative estimate of drug-likeness (QED) is 0.223. The van der Waals surface area contributed by atoms with Gasteiger partial charge in [0.05, 0.1) is 29.1 Å². The van der Waals surface area contributed by atoms with E-state index in [0.29, 0.717) is 6.42 Å². The summed E-state index contributed by atoms with van der Waals surface area (Å²) in [4.78, 5) is 31.8. The zero-order chi connectivity index (χ0) is 20.1. The molecule has 0 saturated carbocycles. The van der Waals surface area contributed by atoms with E-state index in [1.54, 1.807) is 0 Å². The molecule has 0 aliphatic carbocycles. The molecule has 0 aliphatic heterocycles. The highest BCUT2D eigenvalue weighted by atomic mass is 16.6. The van der Waals surface area contributed by atoms with Crippen molar-refractivity contribution >= 4 is 23.0 Å². The Morgan fingerprint density at radius 3 is 2.52 bits per heavy atom. The van der Waals surface area contributed by atoms with Gasteiger partial charge in [0.1, 0.15) is 12.3 Å². The maximum Gasteiger partial charge on any atom is 0.305 e. The van der Waals surface area contributed by atoms with Gasteiger partial charge in [0.15, 0.2) is 0 Å². The first-order chi connectivity index (χ1) is 13.0. The molecule has 1 rings (SSSR count). The van der Waals surface area contributed by atoms with Gasteiger partial charge in [-0.2, -0.15) is 0 Å². The summed E-state index contributed by atoms with van der Waals surface area (Å²) >= 11 is 0. The van der Waals surface area contributed by atoms with Gasteiger partial charge < -0.3 is 14.8 Å². The molecule has 0 radical (unpaired) electrons. The van der Waals surface area contributed by atoms with Gasteiger partial charge in [0.2, 0.25) is 0 Å². The fourth-order valence-corrected chi connectivity index (χ4v) is 2.28. The molecule has 0 fully saturated rings. The average Bonchev–Trinajstić information content (AvgIpc) is 2.64. The van der Waals surface area contributed by atoms with Gasteiger partial charge in [0, 0.05) is 19.0 Å². The molecule has 150 valence electrons. The Hall–Kier alpha value is -2.75. The number of nitrogens with one attached hydrogen (secondary N) is 1. The fraction of sp³-hybridized carbons (Fsp3) is 0.588. The van der Waals surface area contributed by atoms with Crippen LogP contribution in [0.2, 0.25) is 0 Å². The van der Waals surface area contributed by atoms with Crippen molar-refractivity contribution in [2.24, 2.45) is 0 Å². The first-order valence-corrected chi connectivity index (χ1v) is 8.85. The minimum Gasteiger partial charge on any atom is -0.463 e. The predicted octanol–water partition coefficient (Wildman–Crippen LogP) is 3.45. The van der Waals surface area contributed by atoms with Crippen LogP contribution in [0, 0.1) is 20.2 Å². The van der Waals surface area contributed by atoms with E-state index in [1.807, 2.05) is 0 Å². The van der Waals surface area contributed by atoms with E-state index in [-0.39, 0.29) is 49.4 Å². The van der Waals surface area contributed by atoms with Crippen LogP contribution in [0.15, 0.2) is 18.2 Å². The molecule has 0 saturated heterocycles. The fourth-order valence-electron chi connectivity index (χ4n) is 2.28. The van der Waals surface area contributed by atoms with E-state index in [2.05, 4.69) is 12.2 Å². The highest BCUT2D eigenvalue weighted by Gasteiger charge is 2.18. The molecular weight excluding hydrogens is 358 g/mol. The second-order valence-electron chi connectivity index (χ2n) is 5.79. The third-order valence-electron chi connectivity index (χ3n) is 3.68. The summed E-state index contributed by atoms with van der Waals surface area (Å²) in [6.07, 6.45) is 4.47. The molecule has 0 amide bonds. The molecule has 10 nitrogen and oxygen atoms in total. The lowest BCUT2D eigenvalue weighted by Gasteiger charge is -2.08. The molecule has 0 bridgehead atoms. The number of nitro benzene ring substituents is 2. The largest absolute Gasteiger partial charge is 0.463 e. The number of ether oxygens (including phenoxy) is 2. The number of hydrogen-bond donors (Lipinski definition) is 1. The van der Waals surface area contributed by atoms with Crippen LogP contribution in [0.1, 0.15) is 39.0 Å². The van der Waals surface area contributed by atoms with E-state index in [4.69, 9.17) is 9.47 Å². The topological polar surface area (TPSA) is 134 Å². The number of nitrogens with zero attached hydrogens (tertiary/aromatic N) is 2. The van der Waals surface area contributed by atoms with Gasteiger partial charge in [-0.1, -0.05) is 26.2 Å². The van der Waals surface area contributed by atoms with Crippen LogP contribution < -0.4 is 5.32 Å². The molecule has 0 heterocycles. The monoisotopic (exact) mass is 383 g/mol. The number of hydrogen-bond acceptors (Lipinski definition) is 8. The van der Waals surface area contributed by atoms with Gasteiger partial charge in [-0.3, -0.25) is 25.0 Å². The number of rotatable bonds is 14. The number of esters is 1. The molecule has 0 aromatic heterocycles. The Bertz CT molecular complexity index is 637. The van der Waals surface area contributed by atoms with E-state index >= 15 is 0 Å². The Kier molecular flexibility index (Phi) is 10.4. The van der Waals surface area contributed by atoms with Crippen LogP contribution in [0.25, 0.3) is 0 Å². The second-order valence-corrected chi connectivity index (χ2v) is 5.79. The second kappa shape index (κ2) is 12.6.